The molecule has 0 amide bonds. The van der Waals surface area contributed by atoms with Gasteiger partial charge in [-0.2, -0.15) is 0 Å². The molecule has 2 aliphatic heterocycles. The third-order valence-corrected chi connectivity index (χ3v) is 3.88. The summed E-state index contributed by atoms with van der Waals surface area (Å²) in [6.07, 6.45) is -10.9. The van der Waals surface area contributed by atoms with Gasteiger partial charge in [0, 0.05) is 0 Å². The highest BCUT2D eigenvalue weighted by Gasteiger charge is 2.46. The fourth-order valence-electron chi connectivity index (χ4n) is 2.43. The van der Waals surface area contributed by atoms with Crippen molar-refractivity contribution in [2.75, 3.05) is 13.2 Å². The monoisotopic (exact) mass is 310 g/mol. The Bertz CT molecular complexity index is 341. The third-order valence-electron chi connectivity index (χ3n) is 3.88. The average Bonchev–Trinajstić information content (AvgIpc) is 2.47. The minimum absolute atomic E-state index is 0.122. The lowest BCUT2D eigenvalue weighted by Crippen LogP contribution is -2.61. The Morgan fingerprint density at radius 1 is 0.952 bits per heavy atom. The van der Waals surface area contributed by atoms with Crippen LogP contribution in [-0.2, 0) is 14.2 Å². The van der Waals surface area contributed by atoms with E-state index in [9.17, 15) is 25.5 Å². The Balaban J connectivity index is 1.98. The largest absolute Gasteiger partial charge is 0.394 e. The van der Waals surface area contributed by atoms with Gasteiger partial charge in [0.25, 0.3) is 0 Å². The molecule has 9 nitrogen and oxygen atoms in total. The maximum atomic E-state index is 9.92. The van der Waals surface area contributed by atoms with Crippen molar-refractivity contribution in [1.82, 2.24) is 0 Å². The second-order valence-corrected chi connectivity index (χ2v) is 5.39. The molecule has 2 fully saturated rings. The molecule has 9 heteroatoms. The lowest BCUT2D eigenvalue weighted by molar-refractivity contribution is -0.326. The van der Waals surface area contributed by atoms with Gasteiger partial charge in [0.15, 0.2) is 6.29 Å². The van der Waals surface area contributed by atoms with Gasteiger partial charge in [-0.1, -0.05) is 0 Å². The van der Waals surface area contributed by atoms with Gasteiger partial charge < -0.3 is 44.8 Å². The summed E-state index contributed by atoms with van der Waals surface area (Å²) in [7, 11) is 0. The van der Waals surface area contributed by atoms with Crippen molar-refractivity contribution in [2.45, 2.75) is 62.0 Å². The Labute approximate surface area is 121 Å². The van der Waals surface area contributed by atoms with Crippen LogP contribution in [0.5, 0.6) is 0 Å². The van der Waals surface area contributed by atoms with Gasteiger partial charge in [-0.05, 0) is 6.92 Å². The summed E-state index contributed by atoms with van der Waals surface area (Å²) in [6, 6.07) is 0. The fraction of sp³-hybridized carbons (Fsp3) is 1.00. The first kappa shape index (κ1) is 17.0. The summed E-state index contributed by atoms with van der Waals surface area (Å²) in [5.74, 6) is 0. The van der Waals surface area contributed by atoms with Crippen LogP contribution in [0.4, 0.5) is 0 Å². The van der Waals surface area contributed by atoms with Gasteiger partial charge in [0.05, 0.1) is 19.3 Å². The molecule has 5 unspecified atom stereocenters. The molecule has 2 rings (SSSR count). The van der Waals surface area contributed by atoms with Gasteiger partial charge >= 0.3 is 0 Å². The van der Waals surface area contributed by atoms with Gasteiger partial charge in [-0.3, -0.25) is 0 Å². The third kappa shape index (κ3) is 3.36. The van der Waals surface area contributed by atoms with Gasteiger partial charge in [-0.25, -0.2) is 0 Å². The van der Waals surface area contributed by atoms with Crippen LogP contribution >= 0.6 is 0 Å². The van der Waals surface area contributed by atoms with Crippen LogP contribution < -0.4 is 0 Å². The van der Waals surface area contributed by atoms with E-state index in [2.05, 4.69) is 0 Å². The normalized spacial score (nSPS) is 51.9. The lowest BCUT2D eigenvalue weighted by Gasteiger charge is -2.43. The molecule has 0 spiro atoms. The highest BCUT2D eigenvalue weighted by Crippen LogP contribution is 2.26. The molecule has 0 bridgehead atoms. The van der Waals surface area contributed by atoms with E-state index in [0.29, 0.717) is 0 Å². The van der Waals surface area contributed by atoms with E-state index < -0.39 is 61.7 Å². The van der Waals surface area contributed by atoms with E-state index >= 15 is 0 Å². The fourth-order valence-corrected chi connectivity index (χ4v) is 2.43. The quantitative estimate of drug-likeness (QED) is 0.310. The van der Waals surface area contributed by atoms with E-state index in [4.69, 9.17) is 19.3 Å². The minimum atomic E-state index is -1.50. The SMILES string of the molecule is CC1O[C@@H](OC2COC(CO)[C@@H](O)C2O)[C@@H](O)C(O)[C@H]1O. The van der Waals surface area contributed by atoms with Gasteiger partial charge in [-0.15, -0.1) is 0 Å². The van der Waals surface area contributed by atoms with Gasteiger partial charge in [0.2, 0.25) is 0 Å². The molecular weight excluding hydrogens is 288 g/mol. The summed E-state index contributed by atoms with van der Waals surface area (Å²) in [5, 5.41) is 57.7. The summed E-state index contributed by atoms with van der Waals surface area (Å²) in [5.41, 5.74) is 0. The smallest absolute Gasteiger partial charge is 0.187 e. The predicted molar refractivity (Wildman–Crippen MR) is 66.1 cm³/mol. The number of hydrogen-bond acceptors (Lipinski definition) is 9. The summed E-state index contributed by atoms with van der Waals surface area (Å²) < 4.78 is 15.7. The molecule has 2 saturated heterocycles. The molecule has 21 heavy (non-hydrogen) atoms. The second-order valence-electron chi connectivity index (χ2n) is 5.39. The van der Waals surface area contributed by atoms with Crippen LogP contribution in [0.2, 0.25) is 0 Å². The Morgan fingerprint density at radius 2 is 1.62 bits per heavy atom. The first-order valence-corrected chi connectivity index (χ1v) is 6.80. The zero-order valence-corrected chi connectivity index (χ0v) is 11.5. The van der Waals surface area contributed by atoms with Crippen LogP contribution in [0.15, 0.2) is 0 Å². The molecule has 6 N–H and O–H groups in total. The Kier molecular flexibility index (Phi) is 5.52. The molecule has 0 aromatic heterocycles. The molecule has 2 heterocycles. The molecule has 0 radical (unpaired) electrons. The van der Waals surface area contributed by atoms with Crippen molar-refractivity contribution in [3.05, 3.63) is 0 Å². The van der Waals surface area contributed by atoms with E-state index in [1.807, 2.05) is 0 Å². The molecule has 0 aromatic carbocycles. The van der Waals surface area contributed by atoms with E-state index in [1.165, 1.54) is 6.92 Å². The van der Waals surface area contributed by atoms with E-state index in [0.717, 1.165) is 0 Å². The summed E-state index contributed by atoms with van der Waals surface area (Å²) >= 11 is 0. The first-order chi connectivity index (χ1) is 9.86. The molecule has 9 atom stereocenters. The van der Waals surface area contributed by atoms with Crippen LogP contribution in [0, 0.1) is 0 Å². The van der Waals surface area contributed by atoms with Gasteiger partial charge in [0.1, 0.15) is 42.7 Å². The van der Waals surface area contributed by atoms with Crippen molar-refractivity contribution in [1.29, 1.82) is 0 Å². The standard InChI is InChI=1S/C12H22O9/c1-4-7(14)10(17)11(18)12(20-4)21-6-3-19-5(2-13)8(15)9(6)16/h4-18H,2-3H2,1H3/t4?,5?,6?,7-,8+,9?,10?,11-,12-/m0/s1. The molecule has 0 saturated carbocycles. The maximum Gasteiger partial charge on any atom is 0.187 e. The lowest BCUT2D eigenvalue weighted by atomic mass is 9.98. The van der Waals surface area contributed by atoms with Crippen LogP contribution in [0.25, 0.3) is 0 Å². The maximum absolute atomic E-state index is 9.92. The predicted octanol–water partition coefficient (Wildman–Crippen LogP) is -3.69. The van der Waals surface area contributed by atoms with Crippen molar-refractivity contribution in [3.8, 4) is 0 Å². The topological polar surface area (TPSA) is 149 Å². The van der Waals surface area contributed by atoms with Crippen LogP contribution in [0.1, 0.15) is 6.92 Å². The minimum Gasteiger partial charge on any atom is -0.394 e. The van der Waals surface area contributed by atoms with Crippen LogP contribution in [0.3, 0.4) is 0 Å². The molecule has 0 aromatic rings. The van der Waals surface area contributed by atoms with E-state index in [1.54, 1.807) is 0 Å². The zero-order valence-electron chi connectivity index (χ0n) is 11.5. The van der Waals surface area contributed by atoms with Crippen molar-refractivity contribution in [3.63, 3.8) is 0 Å². The van der Waals surface area contributed by atoms with Crippen LogP contribution in [-0.4, -0.2) is 99.0 Å². The summed E-state index contributed by atoms with van der Waals surface area (Å²) in [4.78, 5) is 0. The van der Waals surface area contributed by atoms with Crippen molar-refractivity contribution >= 4 is 0 Å². The Hall–Kier alpha value is -0.360. The number of hydrogen-bond donors (Lipinski definition) is 6. The molecular formula is C12H22O9. The number of ether oxygens (including phenoxy) is 3. The molecule has 124 valence electrons. The van der Waals surface area contributed by atoms with Crippen molar-refractivity contribution < 1.29 is 44.8 Å². The first-order valence-electron chi connectivity index (χ1n) is 6.80. The number of rotatable bonds is 3. The molecule has 2 aliphatic rings. The Morgan fingerprint density at radius 3 is 2.24 bits per heavy atom. The summed E-state index contributed by atoms with van der Waals surface area (Å²) in [6.45, 7) is 0.930. The number of aliphatic hydroxyl groups excluding tert-OH is 6. The zero-order chi connectivity index (χ0) is 15.7. The molecule has 0 aliphatic carbocycles. The average molecular weight is 310 g/mol. The highest BCUT2D eigenvalue weighted by atomic mass is 16.7. The highest BCUT2D eigenvalue weighted by molar-refractivity contribution is 4.91. The second kappa shape index (κ2) is 6.82. The van der Waals surface area contributed by atoms with Crippen molar-refractivity contribution in [2.24, 2.45) is 0 Å². The number of aliphatic hydroxyl groups is 6. The van der Waals surface area contributed by atoms with E-state index in [-0.39, 0.29) is 6.61 Å².